The molecule has 0 atom stereocenters. The molecule has 2 aromatic carbocycles. The normalized spacial score (nSPS) is 11.0. The average molecular weight is 270 g/mol. The van der Waals surface area contributed by atoms with E-state index in [1.807, 2.05) is 30.5 Å². The largest absolute Gasteiger partial charge is 0.261 e. The molecule has 0 N–H and O–H groups in total. The molecule has 0 saturated heterocycles. The summed E-state index contributed by atoms with van der Waals surface area (Å²) in [5.41, 5.74) is 4.47. The molecule has 4 rings (SSSR count). The first-order valence-corrected chi connectivity index (χ1v) is 7.08. The van der Waals surface area contributed by atoms with E-state index in [1.54, 1.807) is 0 Å². The molecule has 0 fully saturated rings. The van der Waals surface area contributed by atoms with E-state index in [0.29, 0.717) is 0 Å². The highest BCUT2D eigenvalue weighted by Gasteiger charge is 2.09. The van der Waals surface area contributed by atoms with Gasteiger partial charge in [0.2, 0.25) is 0 Å². The number of rotatable bonds is 2. The Hall–Kier alpha value is -2.74. The number of hydrogen-bond acceptors (Lipinski definition) is 2. The van der Waals surface area contributed by atoms with Crippen molar-refractivity contribution in [2.24, 2.45) is 0 Å². The van der Waals surface area contributed by atoms with Gasteiger partial charge in [-0.05, 0) is 29.8 Å². The van der Waals surface area contributed by atoms with Crippen LogP contribution in [0.5, 0.6) is 0 Å². The van der Waals surface area contributed by atoms with Crippen molar-refractivity contribution in [3.63, 3.8) is 0 Å². The van der Waals surface area contributed by atoms with Gasteiger partial charge in [0.15, 0.2) is 0 Å². The van der Waals surface area contributed by atoms with Crippen LogP contribution in [0.25, 0.3) is 21.8 Å². The zero-order chi connectivity index (χ0) is 14.1. The van der Waals surface area contributed by atoms with Crippen molar-refractivity contribution in [2.45, 2.75) is 6.42 Å². The molecule has 0 spiro atoms. The van der Waals surface area contributed by atoms with E-state index in [2.05, 4.69) is 47.4 Å². The van der Waals surface area contributed by atoms with Crippen LogP contribution in [0.15, 0.2) is 72.9 Å². The lowest BCUT2D eigenvalue weighted by Crippen LogP contribution is -1.96. The van der Waals surface area contributed by atoms with Crippen LogP contribution >= 0.6 is 0 Å². The molecule has 0 saturated carbocycles. The second kappa shape index (κ2) is 4.98. The number of nitrogens with zero attached hydrogens (tertiary/aromatic N) is 2. The topological polar surface area (TPSA) is 25.8 Å². The average Bonchev–Trinajstić information content (AvgIpc) is 2.55. The smallest absolute Gasteiger partial charge is 0.0712 e. The summed E-state index contributed by atoms with van der Waals surface area (Å²) >= 11 is 0. The number of benzene rings is 2. The second-order valence-electron chi connectivity index (χ2n) is 5.12. The predicted octanol–water partition coefficient (Wildman–Crippen LogP) is 4.37. The molecule has 0 aliphatic rings. The van der Waals surface area contributed by atoms with Crippen molar-refractivity contribution in [3.8, 4) is 0 Å². The first-order valence-electron chi connectivity index (χ1n) is 7.08. The van der Waals surface area contributed by atoms with E-state index in [1.165, 1.54) is 16.3 Å². The lowest BCUT2D eigenvalue weighted by atomic mass is 9.98. The Kier molecular flexibility index (Phi) is 2.86. The summed E-state index contributed by atoms with van der Waals surface area (Å²) in [7, 11) is 0. The first kappa shape index (κ1) is 12.0. The summed E-state index contributed by atoms with van der Waals surface area (Å²) in [6.45, 7) is 0. The minimum atomic E-state index is 0.824. The van der Waals surface area contributed by atoms with Crippen LogP contribution in [0.1, 0.15) is 11.3 Å². The molecule has 0 amide bonds. The van der Waals surface area contributed by atoms with E-state index in [0.717, 1.165) is 23.1 Å². The summed E-state index contributed by atoms with van der Waals surface area (Å²) < 4.78 is 0. The Morgan fingerprint density at radius 3 is 1.90 bits per heavy atom. The van der Waals surface area contributed by atoms with Crippen molar-refractivity contribution in [2.75, 3.05) is 0 Å². The van der Waals surface area contributed by atoms with Crippen LogP contribution in [-0.4, -0.2) is 9.97 Å². The second-order valence-corrected chi connectivity index (χ2v) is 5.12. The molecular formula is C19H14N2. The fourth-order valence-electron chi connectivity index (χ4n) is 2.80. The van der Waals surface area contributed by atoms with Gasteiger partial charge in [-0.2, -0.15) is 0 Å². The highest BCUT2D eigenvalue weighted by Crippen LogP contribution is 2.27. The van der Waals surface area contributed by atoms with Crippen molar-refractivity contribution in [1.82, 2.24) is 9.97 Å². The van der Waals surface area contributed by atoms with Crippen LogP contribution in [0.2, 0.25) is 0 Å². The van der Waals surface area contributed by atoms with Crippen LogP contribution in [0.3, 0.4) is 0 Å². The van der Waals surface area contributed by atoms with E-state index >= 15 is 0 Å². The number of fused-ring (bicyclic) bond motifs is 2. The van der Waals surface area contributed by atoms with Gasteiger partial charge in [-0.1, -0.05) is 42.5 Å². The fraction of sp³-hybridized carbons (Fsp3) is 0.0526. The lowest BCUT2D eigenvalue weighted by Gasteiger charge is -2.10. The Balaban J connectivity index is 2.02. The monoisotopic (exact) mass is 270 g/mol. The maximum Gasteiger partial charge on any atom is 0.0712 e. The molecular weight excluding hydrogens is 256 g/mol. The highest BCUT2D eigenvalue weighted by molar-refractivity contribution is 5.97. The minimum Gasteiger partial charge on any atom is -0.261 e. The summed E-state index contributed by atoms with van der Waals surface area (Å²) in [5.74, 6) is 0. The van der Waals surface area contributed by atoms with Crippen molar-refractivity contribution < 1.29 is 0 Å². The van der Waals surface area contributed by atoms with Gasteiger partial charge in [0.1, 0.15) is 0 Å². The molecule has 2 heterocycles. The van der Waals surface area contributed by atoms with E-state index in [9.17, 15) is 0 Å². The molecule has 0 aliphatic carbocycles. The SMILES string of the molecule is c1ccc(Cc2c3ccccc3nc3ccccc23)nc1. The van der Waals surface area contributed by atoms with Crippen LogP contribution in [0, 0.1) is 0 Å². The molecule has 0 bridgehead atoms. The summed E-state index contributed by atoms with van der Waals surface area (Å²) in [6, 6.07) is 22.7. The number of para-hydroxylation sites is 2. The molecule has 2 nitrogen and oxygen atoms in total. The van der Waals surface area contributed by atoms with Gasteiger partial charge in [-0.15, -0.1) is 0 Å². The van der Waals surface area contributed by atoms with Gasteiger partial charge in [-0.25, -0.2) is 4.98 Å². The van der Waals surface area contributed by atoms with Gasteiger partial charge in [0.25, 0.3) is 0 Å². The van der Waals surface area contributed by atoms with Gasteiger partial charge in [0.05, 0.1) is 11.0 Å². The van der Waals surface area contributed by atoms with Gasteiger partial charge in [-0.3, -0.25) is 4.98 Å². The maximum atomic E-state index is 4.76. The van der Waals surface area contributed by atoms with Crippen LogP contribution < -0.4 is 0 Å². The standard InChI is InChI=1S/C19H14N2/c1-3-10-18-15(8-1)17(13-14-7-5-6-12-20-14)16-9-2-4-11-19(16)21-18/h1-12H,13H2. The molecule has 4 aromatic rings. The minimum absolute atomic E-state index is 0.824. The van der Waals surface area contributed by atoms with Crippen molar-refractivity contribution in [1.29, 1.82) is 0 Å². The Morgan fingerprint density at radius 2 is 1.29 bits per heavy atom. The highest BCUT2D eigenvalue weighted by atomic mass is 14.7. The summed E-state index contributed by atoms with van der Waals surface area (Å²) in [5, 5.41) is 2.42. The van der Waals surface area contributed by atoms with Gasteiger partial charge >= 0.3 is 0 Å². The third-order valence-electron chi connectivity index (χ3n) is 3.78. The predicted molar refractivity (Wildman–Crippen MR) is 86.3 cm³/mol. The number of pyridine rings is 2. The Morgan fingerprint density at radius 1 is 0.667 bits per heavy atom. The van der Waals surface area contributed by atoms with Crippen molar-refractivity contribution >= 4 is 21.8 Å². The Bertz CT molecular complexity index is 860. The fourth-order valence-corrected chi connectivity index (χ4v) is 2.80. The number of aromatic nitrogens is 2. The third-order valence-corrected chi connectivity index (χ3v) is 3.78. The van der Waals surface area contributed by atoms with Gasteiger partial charge in [0, 0.05) is 29.1 Å². The molecule has 2 heteroatoms. The van der Waals surface area contributed by atoms with Crippen LogP contribution in [-0.2, 0) is 6.42 Å². The molecule has 100 valence electrons. The number of hydrogen-bond donors (Lipinski definition) is 0. The summed E-state index contributed by atoms with van der Waals surface area (Å²) in [6.07, 6.45) is 2.67. The summed E-state index contributed by atoms with van der Waals surface area (Å²) in [4.78, 5) is 9.23. The maximum absolute atomic E-state index is 4.76. The van der Waals surface area contributed by atoms with E-state index < -0.39 is 0 Å². The van der Waals surface area contributed by atoms with E-state index in [-0.39, 0.29) is 0 Å². The zero-order valence-corrected chi connectivity index (χ0v) is 11.5. The zero-order valence-electron chi connectivity index (χ0n) is 11.5. The molecule has 21 heavy (non-hydrogen) atoms. The van der Waals surface area contributed by atoms with Crippen molar-refractivity contribution in [3.05, 3.63) is 84.2 Å². The Labute approximate surface area is 123 Å². The quantitative estimate of drug-likeness (QED) is 0.505. The molecule has 0 radical (unpaired) electrons. The first-order chi connectivity index (χ1) is 10.4. The van der Waals surface area contributed by atoms with Gasteiger partial charge < -0.3 is 0 Å². The molecule has 2 aromatic heterocycles. The third kappa shape index (κ3) is 2.15. The molecule has 0 unspecified atom stereocenters. The van der Waals surface area contributed by atoms with Crippen LogP contribution in [0.4, 0.5) is 0 Å². The lowest BCUT2D eigenvalue weighted by molar-refractivity contribution is 1.09. The van der Waals surface area contributed by atoms with E-state index in [4.69, 9.17) is 4.98 Å². The molecule has 0 aliphatic heterocycles.